The quantitative estimate of drug-likeness (QED) is 0.656. The lowest BCUT2D eigenvalue weighted by molar-refractivity contribution is -0.387. The lowest BCUT2D eigenvalue weighted by Gasteiger charge is -2.08. The van der Waals surface area contributed by atoms with E-state index < -0.39 is 42.0 Å². The number of sulfonamides is 1. The van der Waals surface area contributed by atoms with Crippen molar-refractivity contribution in [2.75, 3.05) is 4.72 Å². The van der Waals surface area contributed by atoms with E-state index >= 15 is 0 Å². The third kappa shape index (κ3) is 3.40. The van der Waals surface area contributed by atoms with E-state index in [2.05, 4.69) is 0 Å². The summed E-state index contributed by atoms with van der Waals surface area (Å²) in [6, 6.07) is 6.96. The van der Waals surface area contributed by atoms with Crippen LogP contribution >= 0.6 is 0 Å². The fourth-order valence-corrected chi connectivity index (χ4v) is 2.98. The fraction of sp³-hybridized carbons (Fsp3) is 0. The number of halogens is 1. The number of nitro groups is 2. The van der Waals surface area contributed by atoms with E-state index in [0.717, 1.165) is 24.3 Å². The molecule has 0 bridgehead atoms. The number of nitrogens with zero attached hydrogens (tertiary/aromatic N) is 2. The predicted molar refractivity (Wildman–Crippen MR) is 77.0 cm³/mol. The number of nitro benzene ring substituents is 2. The summed E-state index contributed by atoms with van der Waals surface area (Å²) in [6.45, 7) is 0. The maximum absolute atomic E-state index is 13.2. The van der Waals surface area contributed by atoms with Crippen molar-refractivity contribution in [1.29, 1.82) is 0 Å². The second kappa shape index (κ2) is 5.96. The van der Waals surface area contributed by atoms with Gasteiger partial charge in [0.15, 0.2) is 4.90 Å². The van der Waals surface area contributed by atoms with Crippen LogP contribution in [0.25, 0.3) is 0 Å². The molecule has 2 rings (SSSR count). The van der Waals surface area contributed by atoms with Gasteiger partial charge in [-0.05, 0) is 18.2 Å². The molecule has 0 aliphatic rings. The highest BCUT2D eigenvalue weighted by atomic mass is 32.2. The second-order valence-electron chi connectivity index (χ2n) is 4.25. The summed E-state index contributed by atoms with van der Waals surface area (Å²) in [5.41, 5.74) is -1.87. The summed E-state index contributed by atoms with van der Waals surface area (Å²) >= 11 is 0. The van der Waals surface area contributed by atoms with Gasteiger partial charge in [0, 0.05) is 12.1 Å². The molecule has 0 fully saturated rings. The van der Waals surface area contributed by atoms with E-state index in [4.69, 9.17) is 0 Å². The molecule has 0 saturated carbocycles. The van der Waals surface area contributed by atoms with Crippen molar-refractivity contribution in [3.8, 4) is 0 Å². The first-order valence-corrected chi connectivity index (χ1v) is 7.41. The lowest BCUT2D eigenvalue weighted by atomic mass is 10.3. The van der Waals surface area contributed by atoms with Crippen LogP contribution in [0.5, 0.6) is 0 Å². The van der Waals surface area contributed by atoms with Gasteiger partial charge in [-0.25, -0.2) is 8.42 Å². The van der Waals surface area contributed by atoms with Crippen LogP contribution in [0.15, 0.2) is 47.4 Å². The van der Waals surface area contributed by atoms with E-state index in [0.29, 0.717) is 6.07 Å². The minimum atomic E-state index is -4.38. The molecule has 0 radical (unpaired) electrons. The first-order chi connectivity index (χ1) is 10.7. The number of rotatable bonds is 5. The highest BCUT2D eigenvalue weighted by Crippen LogP contribution is 2.27. The number of nitrogens with one attached hydrogen (secondary N) is 1. The molecular weight excluding hydrogens is 333 g/mol. The molecule has 9 nitrogen and oxygen atoms in total. The van der Waals surface area contributed by atoms with E-state index in [1.807, 2.05) is 4.72 Å². The van der Waals surface area contributed by atoms with Crippen molar-refractivity contribution in [2.45, 2.75) is 4.90 Å². The van der Waals surface area contributed by atoms with Crippen molar-refractivity contribution >= 4 is 27.1 Å². The van der Waals surface area contributed by atoms with Gasteiger partial charge in [-0.2, -0.15) is 4.39 Å². The number of hydrogen-bond donors (Lipinski definition) is 1. The van der Waals surface area contributed by atoms with Gasteiger partial charge in [-0.1, -0.05) is 12.1 Å². The zero-order valence-corrected chi connectivity index (χ0v) is 12.0. The SMILES string of the molecule is O=[N+]([O-])c1cc(NS(=O)(=O)c2ccccc2[N+](=O)[O-])ccc1F. The van der Waals surface area contributed by atoms with Crippen LogP contribution in [0.1, 0.15) is 0 Å². The van der Waals surface area contributed by atoms with Crippen LogP contribution in [0, 0.1) is 26.0 Å². The zero-order valence-electron chi connectivity index (χ0n) is 11.2. The van der Waals surface area contributed by atoms with Crippen LogP contribution in [0.3, 0.4) is 0 Å². The first-order valence-electron chi connectivity index (χ1n) is 5.92. The van der Waals surface area contributed by atoms with Gasteiger partial charge < -0.3 is 0 Å². The maximum atomic E-state index is 13.2. The summed E-state index contributed by atoms with van der Waals surface area (Å²) in [5, 5.41) is 21.5. The fourth-order valence-electron chi connectivity index (χ4n) is 1.76. The summed E-state index contributed by atoms with van der Waals surface area (Å²) < 4.78 is 39.6. The summed E-state index contributed by atoms with van der Waals surface area (Å²) in [6.07, 6.45) is 0. The Morgan fingerprint density at radius 1 is 0.957 bits per heavy atom. The monoisotopic (exact) mass is 341 g/mol. The van der Waals surface area contributed by atoms with Gasteiger partial charge >= 0.3 is 5.69 Å². The normalized spacial score (nSPS) is 11.0. The van der Waals surface area contributed by atoms with Crippen molar-refractivity contribution < 1.29 is 22.7 Å². The van der Waals surface area contributed by atoms with Crippen molar-refractivity contribution in [2.24, 2.45) is 0 Å². The molecule has 0 atom stereocenters. The Labute approximate surface area is 128 Å². The molecule has 1 N–H and O–H groups in total. The van der Waals surface area contributed by atoms with Crippen LogP contribution in [0.2, 0.25) is 0 Å². The van der Waals surface area contributed by atoms with E-state index in [9.17, 15) is 33.0 Å². The molecule has 0 unspecified atom stereocenters. The van der Waals surface area contributed by atoms with E-state index in [1.165, 1.54) is 12.1 Å². The minimum absolute atomic E-state index is 0.295. The Kier molecular flexibility index (Phi) is 4.22. The van der Waals surface area contributed by atoms with Crippen molar-refractivity contribution in [3.63, 3.8) is 0 Å². The highest BCUT2D eigenvalue weighted by Gasteiger charge is 2.26. The van der Waals surface area contributed by atoms with Gasteiger partial charge in [0.05, 0.1) is 15.5 Å². The zero-order chi connectivity index (χ0) is 17.2. The molecular formula is C12H8FN3O6S. The third-order valence-electron chi connectivity index (χ3n) is 2.75. The highest BCUT2D eigenvalue weighted by molar-refractivity contribution is 7.92. The molecule has 2 aromatic carbocycles. The topological polar surface area (TPSA) is 132 Å². The van der Waals surface area contributed by atoms with Crippen LogP contribution in [0.4, 0.5) is 21.5 Å². The molecule has 0 aromatic heterocycles. The molecule has 23 heavy (non-hydrogen) atoms. The molecule has 0 aliphatic carbocycles. The Balaban J connectivity index is 2.46. The molecule has 0 saturated heterocycles. The van der Waals surface area contributed by atoms with Gasteiger partial charge in [0.2, 0.25) is 5.82 Å². The second-order valence-corrected chi connectivity index (χ2v) is 5.90. The first kappa shape index (κ1) is 16.3. The smallest absolute Gasteiger partial charge is 0.279 e. The molecule has 11 heteroatoms. The maximum Gasteiger partial charge on any atom is 0.306 e. The summed E-state index contributed by atoms with van der Waals surface area (Å²) in [4.78, 5) is 19.0. The Bertz CT molecular complexity index is 899. The third-order valence-corrected chi connectivity index (χ3v) is 4.18. The van der Waals surface area contributed by atoms with Crippen molar-refractivity contribution in [3.05, 3.63) is 68.5 Å². The van der Waals surface area contributed by atoms with Crippen LogP contribution in [-0.4, -0.2) is 18.3 Å². The molecule has 0 heterocycles. The Morgan fingerprint density at radius 3 is 2.17 bits per heavy atom. The molecule has 0 amide bonds. The number of anilines is 1. The molecule has 0 aliphatic heterocycles. The summed E-state index contributed by atoms with van der Waals surface area (Å²) in [5.74, 6) is -1.14. The van der Waals surface area contributed by atoms with Gasteiger partial charge in [-0.15, -0.1) is 0 Å². The minimum Gasteiger partial charge on any atom is -0.279 e. The van der Waals surface area contributed by atoms with Crippen molar-refractivity contribution in [1.82, 2.24) is 0 Å². The number of benzene rings is 2. The average Bonchev–Trinajstić information content (AvgIpc) is 2.48. The Hall–Kier alpha value is -3.08. The lowest BCUT2D eigenvalue weighted by Crippen LogP contribution is -2.15. The summed E-state index contributed by atoms with van der Waals surface area (Å²) in [7, 11) is -4.38. The van der Waals surface area contributed by atoms with Gasteiger partial charge in [0.1, 0.15) is 0 Å². The Morgan fingerprint density at radius 2 is 1.57 bits per heavy atom. The van der Waals surface area contributed by atoms with E-state index in [1.54, 1.807) is 0 Å². The predicted octanol–water partition coefficient (Wildman–Crippen LogP) is 2.44. The van der Waals surface area contributed by atoms with E-state index in [-0.39, 0.29) is 5.69 Å². The number of hydrogen-bond acceptors (Lipinski definition) is 6. The molecule has 120 valence electrons. The van der Waals surface area contributed by atoms with Gasteiger partial charge in [-0.3, -0.25) is 25.0 Å². The largest absolute Gasteiger partial charge is 0.306 e. The van der Waals surface area contributed by atoms with Crippen LogP contribution in [-0.2, 0) is 10.0 Å². The van der Waals surface area contributed by atoms with Crippen LogP contribution < -0.4 is 4.72 Å². The molecule has 0 spiro atoms. The van der Waals surface area contributed by atoms with Gasteiger partial charge in [0.25, 0.3) is 15.7 Å². The molecule has 2 aromatic rings. The standard InChI is InChI=1S/C12H8FN3O6S/c13-9-6-5-8(7-11(9)16(19)20)14-23(21,22)12-4-2-1-3-10(12)15(17)18/h1-7,14H. The number of para-hydroxylation sites is 1. The average molecular weight is 341 g/mol.